The number of hydrogen-bond donors (Lipinski definition) is 1. The van der Waals surface area contributed by atoms with Gasteiger partial charge < -0.3 is 10.2 Å². The van der Waals surface area contributed by atoms with Crippen LogP contribution in [0.15, 0.2) is 24.0 Å². The molecule has 6 nitrogen and oxygen atoms in total. The molecule has 0 aromatic carbocycles. The fourth-order valence-electron chi connectivity index (χ4n) is 3.39. The van der Waals surface area contributed by atoms with E-state index in [0.29, 0.717) is 6.42 Å². The Labute approximate surface area is 144 Å². The van der Waals surface area contributed by atoms with Gasteiger partial charge in [0.05, 0.1) is 11.5 Å². The van der Waals surface area contributed by atoms with Crippen LogP contribution in [-0.2, 0) is 9.84 Å². The van der Waals surface area contributed by atoms with Crippen LogP contribution in [0, 0.1) is 0 Å². The standard InChI is InChI=1S/C17H26N4O2S/c1-21(15-8-10-24(22,23)12-15)17-11-16(19-13-20-17)18-9-7-14-5-3-2-4-6-14/h5,11,13,15H,2-4,6-10,12H2,1H3,(H,18,19,20). The van der Waals surface area contributed by atoms with Gasteiger partial charge in [-0.05, 0) is 38.5 Å². The zero-order chi connectivity index (χ0) is 17.0. The van der Waals surface area contributed by atoms with E-state index in [9.17, 15) is 8.42 Å². The summed E-state index contributed by atoms with van der Waals surface area (Å²) in [6.07, 6.45) is 10.7. The first-order valence-corrected chi connectivity index (χ1v) is 10.5. The van der Waals surface area contributed by atoms with Gasteiger partial charge in [-0.2, -0.15) is 0 Å². The lowest BCUT2D eigenvalue weighted by Gasteiger charge is -2.24. The minimum atomic E-state index is -2.89. The van der Waals surface area contributed by atoms with Gasteiger partial charge in [-0.3, -0.25) is 0 Å². The maximum atomic E-state index is 11.7. The molecule has 2 aliphatic rings. The van der Waals surface area contributed by atoms with Crippen LogP contribution in [0.2, 0.25) is 0 Å². The molecule has 3 rings (SSSR count). The molecular weight excluding hydrogens is 324 g/mol. The Morgan fingerprint density at radius 1 is 1.33 bits per heavy atom. The third-order valence-electron chi connectivity index (χ3n) is 4.91. The number of anilines is 2. The molecule has 1 unspecified atom stereocenters. The van der Waals surface area contributed by atoms with Gasteiger partial charge in [0, 0.05) is 25.7 Å². The first-order valence-electron chi connectivity index (χ1n) is 8.70. The van der Waals surface area contributed by atoms with Crippen LogP contribution in [0.1, 0.15) is 38.5 Å². The second-order valence-corrected chi connectivity index (χ2v) is 8.94. The third-order valence-corrected chi connectivity index (χ3v) is 6.66. The van der Waals surface area contributed by atoms with Gasteiger partial charge in [-0.1, -0.05) is 11.6 Å². The molecule has 0 amide bonds. The van der Waals surface area contributed by atoms with Crippen molar-refractivity contribution >= 4 is 21.5 Å². The van der Waals surface area contributed by atoms with Gasteiger partial charge in [0.1, 0.15) is 18.0 Å². The van der Waals surface area contributed by atoms with Crippen LogP contribution < -0.4 is 10.2 Å². The van der Waals surface area contributed by atoms with Crippen LogP contribution in [0.25, 0.3) is 0 Å². The van der Waals surface area contributed by atoms with Crippen molar-refractivity contribution in [3.8, 4) is 0 Å². The average molecular weight is 350 g/mol. The van der Waals surface area contributed by atoms with Gasteiger partial charge in [-0.25, -0.2) is 18.4 Å². The quantitative estimate of drug-likeness (QED) is 0.794. The predicted molar refractivity (Wildman–Crippen MR) is 97.2 cm³/mol. The Bertz CT molecular complexity index is 702. The number of rotatable bonds is 6. The van der Waals surface area contributed by atoms with Crippen molar-refractivity contribution in [3.63, 3.8) is 0 Å². The first kappa shape index (κ1) is 17.2. The Balaban J connectivity index is 1.56. The zero-order valence-corrected chi connectivity index (χ0v) is 15.1. The SMILES string of the molecule is CN(c1cc(NCCC2=CCCCC2)ncn1)C1CCS(=O)(=O)C1. The lowest BCUT2D eigenvalue weighted by Crippen LogP contribution is -2.33. The van der Waals surface area contributed by atoms with Crippen molar-refractivity contribution < 1.29 is 8.42 Å². The maximum Gasteiger partial charge on any atom is 0.152 e. The van der Waals surface area contributed by atoms with Crippen LogP contribution in [0.4, 0.5) is 11.6 Å². The van der Waals surface area contributed by atoms with Crippen molar-refractivity contribution in [1.82, 2.24) is 9.97 Å². The minimum absolute atomic E-state index is 0.00476. The highest BCUT2D eigenvalue weighted by molar-refractivity contribution is 7.91. The summed E-state index contributed by atoms with van der Waals surface area (Å²) in [6.45, 7) is 0.865. The lowest BCUT2D eigenvalue weighted by atomic mass is 9.97. The Morgan fingerprint density at radius 2 is 2.21 bits per heavy atom. The zero-order valence-electron chi connectivity index (χ0n) is 14.2. The second kappa shape index (κ2) is 7.51. The van der Waals surface area contributed by atoms with E-state index in [-0.39, 0.29) is 17.5 Å². The average Bonchev–Trinajstić information content (AvgIpc) is 2.95. The molecule has 7 heteroatoms. The highest BCUT2D eigenvalue weighted by atomic mass is 32.2. The topological polar surface area (TPSA) is 75.2 Å². The molecule has 1 fully saturated rings. The summed E-state index contributed by atoms with van der Waals surface area (Å²) in [5.74, 6) is 2.05. The summed E-state index contributed by atoms with van der Waals surface area (Å²) in [5, 5.41) is 3.36. The number of nitrogens with zero attached hydrogens (tertiary/aromatic N) is 3. The van der Waals surface area contributed by atoms with E-state index in [4.69, 9.17) is 0 Å². The molecular formula is C17H26N4O2S. The molecule has 0 spiro atoms. The summed E-state index contributed by atoms with van der Waals surface area (Å²) in [7, 11) is -0.985. The monoisotopic (exact) mass is 350 g/mol. The fourth-order valence-corrected chi connectivity index (χ4v) is 5.16. The molecule has 1 N–H and O–H groups in total. The molecule has 1 aliphatic carbocycles. The summed E-state index contributed by atoms with van der Waals surface area (Å²) >= 11 is 0. The molecule has 0 bridgehead atoms. The van der Waals surface area contributed by atoms with E-state index < -0.39 is 9.84 Å². The van der Waals surface area contributed by atoms with E-state index in [0.717, 1.165) is 24.6 Å². The van der Waals surface area contributed by atoms with Gasteiger partial charge >= 0.3 is 0 Å². The Morgan fingerprint density at radius 3 is 2.92 bits per heavy atom. The number of sulfone groups is 1. The highest BCUT2D eigenvalue weighted by Crippen LogP contribution is 2.23. The van der Waals surface area contributed by atoms with Gasteiger partial charge in [0.25, 0.3) is 0 Å². The van der Waals surface area contributed by atoms with Crippen molar-refractivity contribution in [2.45, 2.75) is 44.6 Å². The third kappa shape index (κ3) is 4.47. The summed E-state index contributed by atoms with van der Waals surface area (Å²) in [5.41, 5.74) is 1.54. The van der Waals surface area contributed by atoms with E-state index in [1.807, 2.05) is 18.0 Å². The van der Waals surface area contributed by atoms with Crippen LogP contribution in [-0.4, -0.2) is 49.5 Å². The number of nitrogens with one attached hydrogen (secondary N) is 1. The predicted octanol–water partition coefficient (Wildman–Crippen LogP) is 2.40. The van der Waals surface area contributed by atoms with Crippen LogP contribution in [0.5, 0.6) is 0 Å². The van der Waals surface area contributed by atoms with Gasteiger partial charge in [0.15, 0.2) is 9.84 Å². The van der Waals surface area contributed by atoms with E-state index in [2.05, 4.69) is 21.4 Å². The largest absolute Gasteiger partial charge is 0.370 e. The maximum absolute atomic E-state index is 11.7. The molecule has 0 saturated carbocycles. The van der Waals surface area contributed by atoms with E-state index in [1.54, 1.807) is 0 Å². The molecule has 1 aromatic heterocycles. The molecule has 0 radical (unpaired) electrons. The molecule has 1 aromatic rings. The molecule has 1 aliphatic heterocycles. The van der Waals surface area contributed by atoms with Gasteiger partial charge in [-0.15, -0.1) is 0 Å². The Kier molecular flexibility index (Phi) is 5.38. The summed E-state index contributed by atoms with van der Waals surface area (Å²) in [4.78, 5) is 10.5. The van der Waals surface area contributed by atoms with Gasteiger partial charge in [0.2, 0.25) is 0 Å². The normalized spacial score (nSPS) is 22.9. The fraction of sp³-hybridized carbons (Fsp3) is 0.647. The highest BCUT2D eigenvalue weighted by Gasteiger charge is 2.31. The Hall–Kier alpha value is -1.63. The van der Waals surface area contributed by atoms with Crippen molar-refractivity contribution in [3.05, 3.63) is 24.0 Å². The number of allylic oxidation sites excluding steroid dienone is 1. The molecule has 24 heavy (non-hydrogen) atoms. The molecule has 1 saturated heterocycles. The smallest absolute Gasteiger partial charge is 0.152 e. The molecule has 132 valence electrons. The van der Waals surface area contributed by atoms with E-state index >= 15 is 0 Å². The van der Waals surface area contributed by atoms with Crippen LogP contribution >= 0.6 is 0 Å². The minimum Gasteiger partial charge on any atom is -0.370 e. The van der Waals surface area contributed by atoms with E-state index in [1.165, 1.54) is 37.6 Å². The van der Waals surface area contributed by atoms with Crippen molar-refractivity contribution in [1.29, 1.82) is 0 Å². The summed E-state index contributed by atoms with van der Waals surface area (Å²) < 4.78 is 23.3. The van der Waals surface area contributed by atoms with Crippen LogP contribution in [0.3, 0.4) is 0 Å². The van der Waals surface area contributed by atoms with Crippen molar-refractivity contribution in [2.24, 2.45) is 0 Å². The second-order valence-electron chi connectivity index (χ2n) is 6.71. The number of aromatic nitrogens is 2. The number of hydrogen-bond acceptors (Lipinski definition) is 6. The summed E-state index contributed by atoms with van der Waals surface area (Å²) in [6, 6.07) is 1.91. The lowest BCUT2D eigenvalue weighted by molar-refractivity contribution is 0.600. The first-order chi connectivity index (χ1) is 11.5. The molecule has 2 heterocycles. The van der Waals surface area contributed by atoms with Crippen molar-refractivity contribution in [2.75, 3.05) is 35.3 Å². The molecule has 1 atom stereocenters.